The molecule has 0 aliphatic heterocycles. The van der Waals surface area contributed by atoms with E-state index in [9.17, 15) is 0 Å². The zero-order valence-corrected chi connectivity index (χ0v) is 27.8. The van der Waals surface area contributed by atoms with Gasteiger partial charge in [-0.15, -0.1) is 11.3 Å². The molecule has 0 N–H and O–H groups in total. The molecule has 0 saturated heterocycles. The minimum atomic E-state index is 0.571. The van der Waals surface area contributed by atoms with Crippen molar-refractivity contribution in [1.29, 1.82) is 0 Å². The smallest absolute Gasteiger partial charge is 0.164 e. The van der Waals surface area contributed by atoms with E-state index in [1.54, 1.807) is 0 Å². The Morgan fingerprint density at radius 2 is 0.961 bits per heavy atom. The third-order valence-corrected chi connectivity index (χ3v) is 11.0. The molecule has 7 aromatic carbocycles. The molecule has 238 valence electrons. The van der Waals surface area contributed by atoms with E-state index in [0.717, 1.165) is 66.1 Å². The van der Waals surface area contributed by atoms with Crippen LogP contribution < -0.4 is 0 Å². The summed E-state index contributed by atoms with van der Waals surface area (Å²) in [5, 5.41) is 6.69. The maximum atomic E-state index is 6.57. The summed E-state index contributed by atoms with van der Waals surface area (Å²) in [4.78, 5) is 15.3. The minimum Gasteiger partial charge on any atom is -0.456 e. The highest BCUT2D eigenvalue weighted by Gasteiger charge is 2.22. The lowest BCUT2D eigenvalue weighted by atomic mass is 9.96. The molecule has 6 heteroatoms. The molecule has 0 atom stereocenters. The molecule has 5 nitrogen and oxygen atoms in total. The van der Waals surface area contributed by atoms with Crippen molar-refractivity contribution < 1.29 is 8.83 Å². The lowest BCUT2D eigenvalue weighted by Crippen LogP contribution is -2.00. The predicted octanol–water partition coefficient (Wildman–Crippen LogP) is 12.7. The van der Waals surface area contributed by atoms with Gasteiger partial charge in [0.25, 0.3) is 0 Å². The van der Waals surface area contributed by atoms with Crippen molar-refractivity contribution in [3.05, 3.63) is 152 Å². The number of para-hydroxylation sites is 1. The van der Waals surface area contributed by atoms with Gasteiger partial charge in [-0.25, -0.2) is 15.0 Å². The highest BCUT2D eigenvalue weighted by atomic mass is 32.1. The molecule has 4 aromatic heterocycles. The van der Waals surface area contributed by atoms with E-state index in [1.165, 1.54) is 25.7 Å². The van der Waals surface area contributed by atoms with Gasteiger partial charge in [0.1, 0.15) is 22.3 Å². The van der Waals surface area contributed by atoms with Crippen LogP contribution in [-0.2, 0) is 0 Å². The number of benzene rings is 7. The standard InChI is InChI=1S/C45H25N3O2S/c1-2-11-26(12-3-1)43-46-44(27-23-24-29-28-13-4-6-19-35(28)49-38(29)25-27)48-45(47-43)34-18-10-21-37-41(34)40-31(15-9-20-36(40)50-37)33-17-8-16-32-30-14-5-7-22-39(30)51-42(32)33/h1-25H. The number of furan rings is 2. The number of thiophene rings is 1. The summed E-state index contributed by atoms with van der Waals surface area (Å²) in [7, 11) is 0. The first-order chi connectivity index (χ1) is 25.3. The van der Waals surface area contributed by atoms with Crippen LogP contribution in [0.4, 0.5) is 0 Å². The maximum absolute atomic E-state index is 6.57. The molecule has 4 heterocycles. The highest BCUT2D eigenvalue weighted by molar-refractivity contribution is 7.26. The molecule has 0 spiro atoms. The molecule has 0 aliphatic rings. The number of rotatable bonds is 4. The van der Waals surface area contributed by atoms with Crippen molar-refractivity contribution in [3.8, 4) is 45.3 Å². The third-order valence-electron chi connectivity index (χ3n) is 9.76. The lowest BCUT2D eigenvalue weighted by molar-refractivity contribution is 0.668. The molecule has 0 amide bonds. The zero-order valence-electron chi connectivity index (χ0n) is 27.0. The molecule has 11 aromatic rings. The van der Waals surface area contributed by atoms with Gasteiger partial charge in [-0.3, -0.25) is 0 Å². The molecule has 0 bridgehead atoms. The van der Waals surface area contributed by atoms with Crippen LogP contribution in [0.15, 0.2) is 160 Å². The number of hydrogen-bond acceptors (Lipinski definition) is 6. The Labute approximate surface area is 295 Å². The Balaban J connectivity index is 1.17. The average molecular weight is 672 g/mol. The zero-order chi connectivity index (χ0) is 33.5. The molecule has 0 radical (unpaired) electrons. The van der Waals surface area contributed by atoms with Crippen molar-refractivity contribution in [1.82, 2.24) is 15.0 Å². The molecule has 11 rings (SSSR count). The van der Waals surface area contributed by atoms with E-state index in [1.807, 2.05) is 84.1 Å². The van der Waals surface area contributed by atoms with Gasteiger partial charge in [0.2, 0.25) is 0 Å². The second-order valence-corrected chi connectivity index (χ2v) is 13.8. The Morgan fingerprint density at radius 3 is 1.82 bits per heavy atom. The largest absolute Gasteiger partial charge is 0.456 e. The normalized spacial score (nSPS) is 11.9. The van der Waals surface area contributed by atoms with Crippen LogP contribution in [0, 0.1) is 0 Å². The number of nitrogens with zero attached hydrogens (tertiary/aromatic N) is 3. The average Bonchev–Trinajstić information content (AvgIpc) is 3.89. The van der Waals surface area contributed by atoms with E-state index in [-0.39, 0.29) is 0 Å². The van der Waals surface area contributed by atoms with Crippen molar-refractivity contribution in [3.63, 3.8) is 0 Å². The van der Waals surface area contributed by atoms with Gasteiger partial charge in [-0.2, -0.15) is 0 Å². The summed E-state index contributed by atoms with van der Waals surface area (Å²) in [5.41, 5.74) is 8.18. The first-order valence-electron chi connectivity index (χ1n) is 16.9. The predicted molar refractivity (Wildman–Crippen MR) is 209 cm³/mol. The molecular weight excluding hydrogens is 647 g/mol. The summed E-state index contributed by atoms with van der Waals surface area (Å²) in [6, 6.07) is 52.0. The lowest BCUT2D eigenvalue weighted by Gasteiger charge is -2.10. The van der Waals surface area contributed by atoms with E-state index in [2.05, 4.69) is 78.9 Å². The molecule has 0 fully saturated rings. The Morgan fingerprint density at radius 1 is 0.373 bits per heavy atom. The van der Waals surface area contributed by atoms with E-state index in [4.69, 9.17) is 23.8 Å². The summed E-state index contributed by atoms with van der Waals surface area (Å²) < 4.78 is 15.4. The summed E-state index contributed by atoms with van der Waals surface area (Å²) in [6.07, 6.45) is 0. The van der Waals surface area contributed by atoms with Gasteiger partial charge < -0.3 is 8.83 Å². The Bertz CT molecular complexity index is 3160. The van der Waals surface area contributed by atoms with Crippen LogP contribution in [0.25, 0.3) is 109 Å². The monoisotopic (exact) mass is 671 g/mol. The van der Waals surface area contributed by atoms with Gasteiger partial charge in [0, 0.05) is 64.0 Å². The fourth-order valence-electron chi connectivity index (χ4n) is 7.44. The minimum absolute atomic E-state index is 0.571. The fraction of sp³-hybridized carbons (Fsp3) is 0. The first-order valence-corrected chi connectivity index (χ1v) is 17.7. The summed E-state index contributed by atoms with van der Waals surface area (Å²) in [6.45, 7) is 0. The van der Waals surface area contributed by atoms with Gasteiger partial charge >= 0.3 is 0 Å². The second-order valence-electron chi connectivity index (χ2n) is 12.7. The first kappa shape index (κ1) is 28.2. The Kier molecular flexibility index (Phi) is 6.05. The van der Waals surface area contributed by atoms with Gasteiger partial charge in [0.05, 0.1) is 0 Å². The van der Waals surface area contributed by atoms with Crippen LogP contribution >= 0.6 is 11.3 Å². The van der Waals surface area contributed by atoms with Gasteiger partial charge in [-0.05, 0) is 42.0 Å². The van der Waals surface area contributed by atoms with E-state index < -0.39 is 0 Å². The van der Waals surface area contributed by atoms with Crippen molar-refractivity contribution in [2.45, 2.75) is 0 Å². The van der Waals surface area contributed by atoms with Crippen molar-refractivity contribution in [2.75, 3.05) is 0 Å². The number of hydrogen-bond donors (Lipinski definition) is 0. The van der Waals surface area contributed by atoms with E-state index >= 15 is 0 Å². The Hall–Kier alpha value is -6.63. The van der Waals surface area contributed by atoms with Crippen molar-refractivity contribution in [2.24, 2.45) is 0 Å². The molecular formula is C45H25N3O2S. The fourth-order valence-corrected chi connectivity index (χ4v) is 8.67. The van der Waals surface area contributed by atoms with Crippen LogP contribution in [0.1, 0.15) is 0 Å². The molecule has 0 saturated carbocycles. The van der Waals surface area contributed by atoms with Gasteiger partial charge in [0.15, 0.2) is 17.5 Å². The SMILES string of the molecule is c1ccc(-c2nc(-c3ccc4c(c3)oc3ccccc34)nc(-c3cccc4oc5cccc(-c6cccc7c6sc6ccccc67)c5c34)n2)cc1. The second kappa shape index (κ2) is 10.9. The summed E-state index contributed by atoms with van der Waals surface area (Å²) >= 11 is 1.83. The summed E-state index contributed by atoms with van der Waals surface area (Å²) in [5.74, 6) is 1.74. The van der Waals surface area contributed by atoms with Crippen LogP contribution in [0.5, 0.6) is 0 Å². The molecule has 0 aliphatic carbocycles. The number of fused-ring (bicyclic) bond motifs is 9. The van der Waals surface area contributed by atoms with Crippen molar-refractivity contribution >= 4 is 75.4 Å². The van der Waals surface area contributed by atoms with Crippen LogP contribution in [-0.4, -0.2) is 15.0 Å². The topological polar surface area (TPSA) is 65.0 Å². The maximum Gasteiger partial charge on any atom is 0.164 e. The third kappa shape index (κ3) is 4.37. The van der Waals surface area contributed by atoms with Crippen LogP contribution in [0.3, 0.4) is 0 Å². The number of aromatic nitrogens is 3. The quantitative estimate of drug-likeness (QED) is 0.186. The van der Waals surface area contributed by atoms with Crippen LogP contribution in [0.2, 0.25) is 0 Å². The van der Waals surface area contributed by atoms with Gasteiger partial charge in [-0.1, -0.05) is 115 Å². The van der Waals surface area contributed by atoms with E-state index in [0.29, 0.717) is 17.5 Å². The molecule has 0 unspecified atom stereocenters. The highest BCUT2D eigenvalue weighted by Crippen LogP contribution is 2.45. The molecule has 51 heavy (non-hydrogen) atoms.